The van der Waals surface area contributed by atoms with Crippen LogP contribution in [0.4, 0.5) is 0 Å². The van der Waals surface area contributed by atoms with E-state index in [0.717, 1.165) is 50.3 Å². The van der Waals surface area contributed by atoms with Crippen molar-refractivity contribution in [3.05, 3.63) is 151 Å². The van der Waals surface area contributed by atoms with Gasteiger partial charge in [-0.3, -0.25) is 0 Å². The van der Waals surface area contributed by atoms with Gasteiger partial charge in [-0.05, 0) is 53.5 Å². The van der Waals surface area contributed by atoms with Gasteiger partial charge >= 0.3 is 0 Å². The van der Waals surface area contributed by atoms with E-state index in [1.807, 2.05) is 73.7 Å². The summed E-state index contributed by atoms with van der Waals surface area (Å²) in [5.41, 5.74) is 9.07. The monoisotopic (exact) mass is 510 g/mol. The predicted octanol–water partition coefficient (Wildman–Crippen LogP) is 9.94. The van der Waals surface area contributed by atoms with Crippen LogP contribution >= 0.6 is 11.6 Å². The van der Waals surface area contributed by atoms with Gasteiger partial charge in [0.2, 0.25) is 0 Å². The van der Waals surface area contributed by atoms with Crippen molar-refractivity contribution in [3.63, 3.8) is 0 Å². The molecule has 0 amide bonds. The Morgan fingerprint density at radius 1 is 0.658 bits per heavy atom. The van der Waals surface area contributed by atoms with E-state index >= 15 is 0 Å². The molecule has 0 N–H and O–H groups in total. The molecule has 0 aliphatic heterocycles. The molecule has 0 bridgehead atoms. The normalized spacial score (nSPS) is 11.6. The quantitative estimate of drug-likeness (QED) is 0.203. The maximum absolute atomic E-state index is 6.26. The highest BCUT2D eigenvalue weighted by Gasteiger charge is 2.12. The van der Waals surface area contributed by atoms with Gasteiger partial charge in [-0.15, -0.1) is 0 Å². The highest BCUT2D eigenvalue weighted by atomic mass is 35.5. The number of benzene rings is 4. The second kappa shape index (κ2) is 11.7. The van der Waals surface area contributed by atoms with Gasteiger partial charge in [0, 0.05) is 21.7 Å². The fraction of sp³-hybridized carbons (Fsp3) is 0.0286. The standard InChI is InChI=1S/C35H27ClN2/c1-3-5-11-25(4-2)26-18-20-27(21-19-26)33-24-34(38-35(37-33)28-12-7-6-8-13-28)31-16-9-14-29(22-31)30-15-10-17-32(36)23-30/h3-24H,2H2,1H3/b5-3-,25-11+. The number of halogens is 1. The van der Waals surface area contributed by atoms with Gasteiger partial charge in [0.15, 0.2) is 5.82 Å². The summed E-state index contributed by atoms with van der Waals surface area (Å²) in [6.45, 7) is 5.97. The van der Waals surface area contributed by atoms with Crippen LogP contribution in [0.15, 0.2) is 140 Å². The van der Waals surface area contributed by atoms with E-state index in [-0.39, 0.29) is 0 Å². The minimum absolute atomic E-state index is 0.690. The van der Waals surface area contributed by atoms with E-state index in [2.05, 4.69) is 73.3 Å². The molecule has 0 aliphatic rings. The van der Waals surface area contributed by atoms with Crippen LogP contribution in [0.1, 0.15) is 12.5 Å². The number of nitrogens with zero attached hydrogens (tertiary/aromatic N) is 2. The summed E-state index contributed by atoms with van der Waals surface area (Å²) in [6, 6.07) is 36.8. The fourth-order valence-electron chi connectivity index (χ4n) is 4.30. The van der Waals surface area contributed by atoms with Crippen molar-refractivity contribution < 1.29 is 0 Å². The third kappa shape index (κ3) is 5.72. The molecule has 0 aliphatic carbocycles. The Balaban J connectivity index is 1.60. The second-order valence-corrected chi connectivity index (χ2v) is 9.28. The molecule has 3 heteroatoms. The largest absolute Gasteiger partial charge is 0.228 e. The zero-order valence-corrected chi connectivity index (χ0v) is 21.9. The van der Waals surface area contributed by atoms with Crippen molar-refractivity contribution in [3.8, 4) is 45.0 Å². The maximum Gasteiger partial charge on any atom is 0.160 e. The van der Waals surface area contributed by atoms with Crippen molar-refractivity contribution in [2.45, 2.75) is 6.92 Å². The first-order valence-electron chi connectivity index (χ1n) is 12.5. The number of rotatable bonds is 7. The molecule has 2 nitrogen and oxygen atoms in total. The first-order chi connectivity index (χ1) is 18.6. The van der Waals surface area contributed by atoms with E-state index < -0.39 is 0 Å². The van der Waals surface area contributed by atoms with Crippen LogP contribution in [0.25, 0.3) is 50.6 Å². The Bertz CT molecular complexity index is 1630. The average Bonchev–Trinajstić information content (AvgIpc) is 2.98. The summed E-state index contributed by atoms with van der Waals surface area (Å²) in [5.74, 6) is 0.690. The van der Waals surface area contributed by atoms with Gasteiger partial charge in [-0.1, -0.05) is 127 Å². The molecule has 5 rings (SSSR count). The zero-order valence-electron chi connectivity index (χ0n) is 21.2. The van der Waals surface area contributed by atoms with Crippen molar-refractivity contribution in [1.29, 1.82) is 0 Å². The lowest BCUT2D eigenvalue weighted by Gasteiger charge is -2.11. The number of allylic oxidation sites excluding steroid dienone is 5. The lowest BCUT2D eigenvalue weighted by Crippen LogP contribution is -1.96. The Morgan fingerprint density at radius 3 is 1.97 bits per heavy atom. The molecule has 1 heterocycles. The van der Waals surface area contributed by atoms with E-state index in [4.69, 9.17) is 21.6 Å². The number of hydrogen-bond donors (Lipinski definition) is 0. The predicted molar refractivity (Wildman–Crippen MR) is 162 cm³/mol. The average molecular weight is 511 g/mol. The Morgan fingerprint density at radius 2 is 1.29 bits per heavy atom. The molecule has 5 aromatic rings. The molecule has 4 aromatic carbocycles. The smallest absolute Gasteiger partial charge is 0.160 e. The van der Waals surface area contributed by atoms with Crippen LogP contribution in [-0.4, -0.2) is 9.97 Å². The molecule has 0 unspecified atom stereocenters. The fourth-order valence-corrected chi connectivity index (χ4v) is 4.49. The molecular formula is C35H27ClN2. The van der Waals surface area contributed by atoms with Crippen LogP contribution in [0.3, 0.4) is 0 Å². The Hall–Kier alpha value is -4.53. The molecule has 0 fully saturated rings. The van der Waals surface area contributed by atoms with Crippen LogP contribution in [-0.2, 0) is 0 Å². The summed E-state index contributed by atoms with van der Waals surface area (Å²) in [4.78, 5) is 9.94. The maximum atomic E-state index is 6.26. The summed E-state index contributed by atoms with van der Waals surface area (Å²) < 4.78 is 0. The minimum atomic E-state index is 0.690. The van der Waals surface area contributed by atoms with Gasteiger partial charge in [-0.25, -0.2) is 9.97 Å². The summed E-state index contributed by atoms with van der Waals surface area (Å²) in [5, 5.41) is 0.715. The summed E-state index contributed by atoms with van der Waals surface area (Å²) in [6.07, 6.45) is 7.96. The van der Waals surface area contributed by atoms with Crippen molar-refractivity contribution >= 4 is 17.2 Å². The van der Waals surface area contributed by atoms with Crippen molar-refractivity contribution in [2.24, 2.45) is 0 Å². The zero-order chi connectivity index (χ0) is 26.3. The van der Waals surface area contributed by atoms with Gasteiger partial charge in [0.05, 0.1) is 11.4 Å². The number of aromatic nitrogens is 2. The van der Waals surface area contributed by atoms with E-state index in [1.54, 1.807) is 0 Å². The molecule has 0 radical (unpaired) electrons. The highest BCUT2D eigenvalue weighted by Crippen LogP contribution is 2.31. The highest BCUT2D eigenvalue weighted by molar-refractivity contribution is 6.30. The number of hydrogen-bond acceptors (Lipinski definition) is 2. The second-order valence-electron chi connectivity index (χ2n) is 8.85. The van der Waals surface area contributed by atoms with Crippen molar-refractivity contribution in [2.75, 3.05) is 0 Å². The SMILES string of the molecule is C=C/C(=C\C=C/C)c1ccc(-c2cc(-c3cccc(-c4cccc(Cl)c4)c3)nc(-c3ccccc3)n2)cc1. The lowest BCUT2D eigenvalue weighted by atomic mass is 9.99. The van der Waals surface area contributed by atoms with Gasteiger partial charge in [0.1, 0.15) is 0 Å². The van der Waals surface area contributed by atoms with E-state index in [1.165, 1.54) is 0 Å². The Labute approximate surface area is 229 Å². The topological polar surface area (TPSA) is 25.8 Å². The van der Waals surface area contributed by atoms with Crippen molar-refractivity contribution in [1.82, 2.24) is 9.97 Å². The van der Waals surface area contributed by atoms with E-state index in [9.17, 15) is 0 Å². The van der Waals surface area contributed by atoms with Crippen LogP contribution < -0.4 is 0 Å². The molecule has 0 saturated heterocycles. The summed E-state index contributed by atoms with van der Waals surface area (Å²) in [7, 11) is 0. The van der Waals surface area contributed by atoms with Gasteiger partial charge < -0.3 is 0 Å². The molecule has 0 spiro atoms. The third-order valence-electron chi connectivity index (χ3n) is 6.28. The Kier molecular flexibility index (Phi) is 7.73. The molecule has 38 heavy (non-hydrogen) atoms. The molecule has 1 aromatic heterocycles. The van der Waals surface area contributed by atoms with Gasteiger partial charge in [-0.2, -0.15) is 0 Å². The first-order valence-corrected chi connectivity index (χ1v) is 12.9. The minimum Gasteiger partial charge on any atom is -0.228 e. The molecular weight excluding hydrogens is 484 g/mol. The molecule has 184 valence electrons. The van der Waals surface area contributed by atoms with Crippen LogP contribution in [0.5, 0.6) is 0 Å². The van der Waals surface area contributed by atoms with E-state index in [0.29, 0.717) is 10.8 Å². The van der Waals surface area contributed by atoms with Gasteiger partial charge in [0.25, 0.3) is 0 Å². The van der Waals surface area contributed by atoms with Crippen LogP contribution in [0.2, 0.25) is 5.02 Å². The third-order valence-corrected chi connectivity index (χ3v) is 6.51. The van der Waals surface area contributed by atoms with Crippen LogP contribution in [0, 0.1) is 0 Å². The first kappa shape index (κ1) is 25.1. The lowest BCUT2D eigenvalue weighted by molar-refractivity contribution is 1.18. The molecule has 0 atom stereocenters. The summed E-state index contributed by atoms with van der Waals surface area (Å²) >= 11 is 6.26. The molecule has 0 saturated carbocycles.